The van der Waals surface area contributed by atoms with Crippen molar-refractivity contribution >= 4 is 23.9 Å². The Balaban J connectivity index is 1.60. The van der Waals surface area contributed by atoms with E-state index < -0.39 is 11.0 Å². The molecule has 0 unspecified atom stereocenters. The Morgan fingerprint density at radius 1 is 1.11 bits per heavy atom. The Kier molecular flexibility index (Phi) is 5.71. The van der Waals surface area contributed by atoms with Crippen molar-refractivity contribution in [3.05, 3.63) is 69.8 Å². The maximum absolute atomic E-state index is 11.0. The second-order valence-corrected chi connectivity index (χ2v) is 6.31. The molecule has 1 amide bonds. The van der Waals surface area contributed by atoms with E-state index in [2.05, 4.69) is 0 Å². The molecule has 2 aromatic rings. The van der Waals surface area contributed by atoms with Gasteiger partial charge in [0.15, 0.2) is 0 Å². The van der Waals surface area contributed by atoms with E-state index in [1.54, 1.807) is 24.3 Å². The maximum Gasteiger partial charge on any atom is 0.407 e. The van der Waals surface area contributed by atoms with Crippen LogP contribution in [0.15, 0.2) is 48.5 Å². The molecule has 1 fully saturated rings. The molecule has 0 saturated carbocycles. The van der Waals surface area contributed by atoms with Crippen LogP contribution in [-0.4, -0.2) is 40.2 Å². The third kappa shape index (κ3) is 4.84. The number of nitro benzene ring substituents is 1. The van der Waals surface area contributed by atoms with Crippen LogP contribution in [0, 0.1) is 10.1 Å². The van der Waals surface area contributed by atoms with Crippen molar-refractivity contribution in [3.8, 4) is 5.75 Å². The SMILES string of the molecule is O=C(O)N1CCC(Oc2ccc(C=Cc3ccccc3[N+](=O)[O-])cc2)CC1. The number of amides is 1. The van der Waals surface area contributed by atoms with Gasteiger partial charge in [0.2, 0.25) is 0 Å². The molecule has 140 valence electrons. The smallest absolute Gasteiger partial charge is 0.407 e. The van der Waals surface area contributed by atoms with Gasteiger partial charge >= 0.3 is 6.09 Å². The highest BCUT2D eigenvalue weighted by molar-refractivity contribution is 5.74. The van der Waals surface area contributed by atoms with Gasteiger partial charge in [-0.05, 0) is 29.8 Å². The summed E-state index contributed by atoms with van der Waals surface area (Å²) in [4.78, 5) is 23.0. The molecule has 0 radical (unpaired) electrons. The predicted molar refractivity (Wildman–Crippen MR) is 102 cm³/mol. The summed E-state index contributed by atoms with van der Waals surface area (Å²) in [6.45, 7) is 0.966. The Morgan fingerprint density at radius 3 is 2.41 bits per heavy atom. The first kappa shape index (κ1) is 18.4. The Morgan fingerprint density at radius 2 is 1.78 bits per heavy atom. The second-order valence-electron chi connectivity index (χ2n) is 6.31. The van der Waals surface area contributed by atoms with Crippen LogP contribution in [0.2, 0.25) is 0 Å². The fourth-order valence-electron chi connectivity index (χ4n) is 3.00. The number of carboxylic acid groups (broad SMARTS) is 1. The zero-order valence-corrected chi connectivity index (χ0v) is 14.7. The minimum atomic E-state index is -0.886. The van der Waals surface area contributed by atoms with E-state index >= 15 is 0 Å². The number of para-hydroxylation sites is 1. The molecule has 1 saturated heterocycles. The molecule has 1 N–H and O–H groups in total. The van der Waals surface area contributed by atoms with Crippen LogP contribution in [0.5, 0.6) is 5.75 Å². The van der Waals surface area contributed by atoms with E-state index in [1.165, 1.54) is 11.0 Å². The fraction of sp³-hybridized carbons (Fsp3) is 0.250. The second kappa shape index (κ2) is 8.35. The highest BCUT2D eigenvalue weighted by atomic mass is 16.6. The highest BCUT2D eigenvalue weighted by Gasteiger charge is 2.23. The van der Waals surface area contributed by atoms with Crippen LogP contribution in [0.3, 0.4) is 0 Å². The maximum atomic E-state index is 11.0. The van der Waals surface area contributed by atoms with Crippen molar-refractivity contribution in [1.82, 2.24) is 4.90 Å². The Hall–Kier alpha value is -3.35. The molecular weight excluding hydrogens is 348 g/mol. The van der Waals surface area contributed by atoms with Crippen molar-refractivity contribution < 1.29 is 19.6 Å². The first-order valence-electron chi connectivity index (χ1n) is 8.69. The van der Waals surface area contributed by atoms with Gasteiger partial charge in [0.1, 0.15) is 11.9 Å². The first-order chi connectivity index (χ1) is 13.0. The van der Waals surface area contributed by atoms with Crippen LogP contribution in [-0.2, 0) is 0 Å². The van der Waals surface area contributed by atoms with Crippen LogP contribution >= 0.6 is 0 Å². The molecule has 1 aliphatic heterocycles. The number of carbonyl (C=O) groups is 1. The molecule has 1 heterocycles. The van der Waals surface area contributed by atoms with Gasteiger partial charge in [-0.1, -0.05) is 30.3 Å². The lowest BCUT2D eigenvalue weighted by Crippen LogP contribution is -2.41. The fourth-order valence-corrected chi connectivity index (χ4v) is 3.00. The number of piperidine rings is 1. The number of likely N-dealkylation sites (tertiary alicyclic amines) is 1. The summed E-state index contributed by atoms with van der Waals surface area (Å²) < 4.78 is 5.92. The molecule has 2 aromatic carbocycles. The number of nitro groups is 1. The van der Waals surface area contributed by atoms with Crippen molar-refractivity contribution in [2.45, 2.75) is 18.9 Å². The average Bonchev–Trinajstić information content (AvgIpc) is 2.68. The predicted octanol–water partition coefficient (Wildman–Crippen LogP) is 4.29. The summed E-state index contributed by atoms with van der Waals surface area (Å²) in [6.07, 6.45) is 4.00. The number of ether oxygens (including phenoxy) is 1. The Bertz CT molecular complexity index is 840. The van der Waals surface area contributed by atoms with E-state index in [0.717, 1.165) is 11.3 Å². The van der Waals surface area contributed by atoms with Gasteiger partial charge < -0.3 is 14.7 Å². The van der Waals surface area contributed by atoms with Gasteiger partial charge in [-0.3, -0.25) is 10.1 Å². The van der Waals surface area contributed by atoms with Crippen LogP contribution in [0.1, 0.15) is 24.0 Å². The summed E-state index contributed by atoms with van der Waals surface area (Å²) in [6, 6.07) is 14.1. The lowest BCUT2D eigenvalue weighted by Gasteiger charge is -2.30. The normalized spacial score (nSPS) is 15.0. The highest BCUT2D eigenvalue weighted by Crippen LogP contribution is 2.22. The number of benzene rings is 2. The average molecular weight is 368 g/mol. The molecule has 7 heteroatoms. The molecular formula is C20H20N2O5. The number of hydrogen-bond acceptors (Lipinski definition) is 4. The summed E-state index contributed by atoms with van der Waals surface area (Å²) in [7, 11) is 0. The monoisotopic (exact) mass is 368 g/mol. The van der Waals surface area contributed by atoms with E-state index in [0.29, 0.717) is 31.5 Å². The molecule has 1 aliphatic rings. The zero-order chi connectivity index (χ0) is 19.2. The minimum absolute atomic E-state index is 0.00830. The van der Waals surface area contributed by atoms with E-state index in [-0.39, 0.29) is 11.8 Å². The van der Waals surface area contributed by atoms with Crippen molar-refractivity contribution in [1.29, 1.82) is 0 Å². The first-order valence-corrected chi connectivity index (χ1v) is 8.69. The summed E-state index contributed by atoms with van der Waals surface area (Å²) in [5.41, 5.74) is 1.52. The summed E-state index contributed by atoms with van der Waals surface area (Å²) in [5, 5.41) is 20.0. The third-order valence-corrected chi connectivity index (χ3v) is 4.48. The lowest BCUT2D eigenvalue weighted by molar-refractivity contribution is -0.385. The number of nitrogens with zero attached hydrogens (tertiary/aromatic N) is 2. The van der Waals surface area contributed by atoms with Gasteiger partial charge in [0, 0.05) is 32.0 Å². The molecule has 0 aliphatic carbocycles. The molecule has 0 aromatic heterocycles. The molecule has 7 nitrogen and oxygen atoms in total. The molecule has 27 heavy (non-hydrogen) atoms. The van der Waals surface area contributed by atoms with E-state index in [1.807, 2.05) is 30.3 Å². The van der Waals surface area contributed by atoms with Crippen molar-refractivity contribution in [3.63, 3.8) is 0 Å². The van der Waals surface area contributed by atoms with Gasteiger partial charge in [0.05, 0.1) is 10.5 Å². The van der Waals surface area contributed by atoms with Gasteiger partial charge in [-0.25, -0.2) is 4.79 Å². The summed E-state index contributed by atoms with van der Waals surface area (Å²) >= 11 is 0. The number of hydrogen-bond donors (Lipinski definition) is 1. The van der Waals surface area contributed by atoms with Gasteiger partial charge in [-0.2, -0.15) is 0 Å². The number of rotatable bonds is 5. The topological polar surface area (TPSA) is 92.9 Å². The quantitative estimate of drug-likeness (QED) is 0.483. The van der Waals surface area contributed by atoms with Gasteiger partial charge in [-0.15, -0.1) is 0 Å². The molecule has 0 bridgehead atoms. The minimum Gasteiger partial charge on any atom is -0.490 e. The van der Waals surface area contributed by atoms with Gasteiger partial charge in [0.25, 0.3) is 5.69 Å². The van der Waals surface area contributed by atoms with Crippen molar-refractivity contribution in [2.75, 3.05) is 13.1 Å². The lowest BCUT2D eigenvalue weighted by atomic mass is 10.1. The van der Waals surface area contributed by atoms with Crippen LogP contribution in [0.25, 0.3) is 12.2 Å². The third-order valence-electron chi connectivity index (χ3n) is 4.48. The van der Waals surface area contributed by atoms with Crippen LogP contribution < -0.4 is 4.74 Å². The standard InChI is InChI=1S/C20H20N2O5/c23-20(24)21-13-11-18(12-14-21)27-17-9-6-15(7-10-17)5-8-16-3-1-2-4-19(16)22(25)26/h1-10,18H,11-14H2,(H,23,24). The molecule has 3 rings (SSSR count). The zero-order valence-electron chi connectivity index (χ0n) is 14.7. The summed E-state index contributed by atoms with van der Waals surface area (Å²) in [5.74, 6) is 0.728. The largest absolute Gasteiger partial charge is 0.490 e. The van der Waals surface area contributed by atoms with E-state index in [4.69, 9.17) is 9.84 Å². The molecule has 0 atom stereocenters. The Labute approximate surface area is 156 Å². The van der Waals surface area contributed by atoms with E-state index in [9.17, 15) is 14.9 Å². The van der Waals surface area contributed by atoms with Crippen LogP contribution in [0.4, 0.5) is 10.5 Å². The molecule has 0 spiro atoms. The van der Waals surface area contributed by atoms with Crippen molar-refractivity contribution in [2.24, 2.45) is 0 Å².